The van der Waals surface area contributed by atoms with Gasteiger partial charge in [0.15, 0.2) is 4.32 Å². The number of carbonyl (C=O) groups is 1. The topological polar surface area (TPSA) is 122 Å². The number of anilines is 1. The number of aromatic nitrogens is 2. The van der Waals surface area contributed by atoms with Crippen LogP contribution in [0.25, 0.3) is 11.8 Å². The molecule has 0 spiro atoms. The zero-order chi connectivity index (χ0) is 27.6. The lowest BCUT2D eigenvalue weighted by atomic mass is 10.2. The van der Waals surface area contributed by atoms with Crippen LogP contribution < -0.4 is 15.2 Å². The predicted octanol–water partition coefficient (Wildman–Crippen LogP) is 4.90. The molecule has 9 nitrogen and oxygen atoms in total. The fraction of sp³-hybridized carbons (Fsp3) is 0.0800. The van der Waals surface area contributed by atoms with Gasteiger partial charge in [-0.15, -0.1) is 0 Å². The summed E-state index contributed by atoms with van der Waals surface area (Å²) in [7, 11) is -2.92. The Bertz CT molecular complexity index is 1690. The van der Waals surface area contributed by atoms with E-state index in [0.717, 1.165) is 16.8 Å². The van der Waals surface area contributed by atoms with Crippen LogP contribution in [0.1, 0.15) is 11.3 Å². The van der Waals surface area contributed by atoms with Gasteiger partial charge in [0.1, 0.15) is 5.75 Å². The molecule has 1 aromatic heterocycles. The molecule has 1 aliphatic heterocycles. The third kappa shape index (κ3) is 5.69. The number of benzene rings is 2. The van der Waals surface area contributed by atoms with Crippen molar-refractivity contribution < 1.29 is 22.5 Å². The van der Waals surface area contributed by atoms with Crippen molar-refractivity contribution in [2.75, 3.05) is 12.0 Å². The average Bonchev–Trinajstić information content (AvgIpc) is 3.32. The largest absolute Gasteiger partial charge is 0.497 e. The second-order valence-electron chi connectivity index (χ2n) is 7.86. The van der Waals surface area contributed by atoms with Gasteiger partial charge in [0.25, 0.3) is 21.6 Å². The number of allylic oxidation sites excluding steroid dienone is 4. The zero-order valence-electron chi connectivity index (χ0n) is 19.9. The first-order valence-corrected chi connectivity index (χ1v) is 13.9. The van der Waals surface area contributed by atoms with Crippen LogP contribution in [0.5, 0.6) is 5.75 Å². The molecular weight excluding hydrogens is 570 g/mol. The van der Waals surface area contributed by atoms with E-state index in [0.29, 0.717) is 31.9 Å². The normalized spacial score (nSPS) is 15.5. The van der Waals surface area contributed by atoms with E-state index in [1.54, 1.807) is 68.7 Å². The van der Waals surface area contributed by atoms with E-state index in [4.69, 9.17) is 28.6 Å². The van der Waals surface area contributed by atoms with Crippen LogP contribution in [0.4, 0.5) is 5.69 Å². The summed E-state index contributed by atoms with van der Waals surface area (Å²) in [6, 6.07) is 10.5. The van der Waals surface area contributed by atoms with Gasteiger partial charge in [0.05, 0.1) is 38.9 Å². The molecule has 1 fully saturated rings. The van der Waals surface area contributed by atoms with Crippen LogP contribution in [0, 0.1) is 6.92 Å². The summed E-state index contributed by atoms with van der Waals surface area (Å²) in [4.78, 5) is 27.3. The maximum atomic E-state index is 13.0. The summed E-state index contributed by atoms with van der Waals surface area (Å²) in [5, 5.41) is 2.97. The number of methoxy groups -OCH3 is 1. The van der Waals surface area contributed by atoms with Crippen LogP contribution in [0.3, 0.4) is 0 Å². The van der Waals surface area contributed by atoms with E-state index in [2.05, 4.69) is 5.10 Å². The Morgan fingerprint density at radius 3 is 2.47 bits per heavy atom. The Morgan fingerprint density at radius 1 is 1.11 bits per heavy atom. The lowest BCUT2D eigenvalue weighted by Crippen LogP contribution is -2.27. The lowest BCUT2D eigenvalue weighted by molar-refractivity contribution is -0.113. The smallest absolute Gasteiger partial charge is 0.294 e. The third-order valence-electron chi connectivity index (χ3n) is 5.43. The highest BCUT2D eigenvalue weighted by Gasteiger charge is 2.32. The number of thioether (sulfide) groups is 1. The summed E-state index contributed by atoms with van der Waals surface area (Å²) in [6.45, 7) is 1.67. The molecule has 2 N–H and O–H groups in total. The van der Waals surface area contributed by atoms with E-state index < -0.39 is 20.6 Å². The molecule has 0 radical (unpaired) electrons. The molecular formula is C25H20ClN3O6S3. The molecule has 0 saturated carbocycles. The molecule has 1 aliphatic rings. The monoisotopic (exact) mass is 589 g/mol. The van der Waals surface area contributed by atoms with Gasteiger partial charge >= 0.3 is 0 Å². The van der Waals surface area contributed by atoms with Crippen LogP contribution in [0.2, 0.25) is 5.02 Å². The second kappa shape index (κ2) is 11.1. The Labute approximate surface area is 232 Å². The van der Waals surface area contributed by atoms with Gasteiger partial charge in [-0.25, -0.2) is 4.68 Å². The maximum Gasteiger partial charge on any atom is 0.294 e. The van der Waals surface area contributed by atoms with Gasteiger partial charge in [-0.05, 0) is 61.5 Å². The summed E-state index contributed by atoms with van der Waals surface area (Å²) < 4.78 is 39.0. The van der Waals surface area contributed by atoms with Crippen molar-refractivity contribution in [2.24, 2.45) is 0 Å². The Morgan fingerprint density at radius 2 is 1.82 bits per heavy atom. The molecule has 2 aromatic carbocycles. The summed E-state index contributed by atoms with van der Waals surface area (Å²) in [5.41, 5.74) is 1.06. The van der Waals surface area contributed by atoms with Crippen molar-refractivity contribution in [3.05, 3.63) is 98.3 Å². The molecule has 13 heteroatoms. The maximum absolute atomic E-state index is 13.0. The summed E-state index contributed by atoms with van der Waals surface area (Å²) in [5.74, 6) is 0.427. The number of hydrogen-bond acceptors (Lipinski definition) is 7. The molecule has 4 rings (SSSR count). The van der Waals surface area contributed by atoms with Gasteiger partial charge in [0, 0.05) is 5.69 Å². The third-order valence-corrected chi connectivity index (χ3v) is 7.92. The number of ether oxygens (including phenoxy) is 1. The van der Waals surface area contributed by atoms with Crippen LogP contribution in [0.15, 0.2) is 81.4 Å². The first-order chi connectivity index (χ1) is 18.0. The molecule has 0 bridgehead atoms. The highest BCUT2D eigenvalue weighted by atomic mass is 35.5. The van der Waals surface area contributed by atoms with Crippen LogP contribution in [-0.2, 0) is 14.9 Å². The number of amides is 1. The van der Waals surface area contributed by atoms with Crippen molar-refractivity contribution in [1.29, 1.82) is 0 Å². The van der Waals surface area contributed by atoms with E-state index in [1.165, 1.54) is 22.7 Å². The number of rotatable bonds is 7. The molecule has 196 valence electrons. The number of aromatic amines is 1. The van der Waals surface area contributed by atoms with Gasteiger partial charge in [0.2, 0.25) is 0 Å². The quantitative estimate of drug-likeness (QED) is 0.173. The average molecular weight is 590 g/mol. The number of hydrogen-bond donors (Lipinski definition) is 2. The number of H-pyrrole nitrogens is 1. The van der Waals surface area contributed by atoms with Crippen molar-refractivity contribution in [3.8, 4) is 11.4 Å². The highest BCUT2D eigenvalue weighted by molar-refractivity contribution is 8.27. The fourth-order valence-electron chi connectivity index (χ4n) is 3.54. The molecule has 2 heterocycles. The number of thiocarbonyl (C=S) groups is 1. The summed E-state index contributed by atoms with van der Waals surface area (Å²) >= 11 is 12.7. The zero-order valence-corrected chi connectivity index (χ0v) is 23.1. The van der Waals surface area contributed by atoms with Gasteiger partial charge in [-0.3, -0.25) is 24.1 Å². The fourth-order valence-corrected chi connectivity index (χ4v) is 5.50. The number of aryl methyl sites for hydroxylation is 1. The minimum absolute atomic E-state index is 0.0731. The number of carbonyl (C=O) groups excluding carboxylic acids is 1. The van der Waals surface area contributed by atoms with Crippen LogP contribution >= 0.6 is 35.6 Å². The Balaban J connectivity index is 1.52. The Hall–Kier alpha value is -3.42. The van der Waals surface area contributed by atoms with E-state index >= 15 is 0 Å². The minimum atomic E-state index is -4.48. The minimum Gasteiger partial charge on any atom is -0.497 e. The first-order valence-electron chi connectivity index (χ1n) is 10.9. The van der Waals surface area contributed by atoms with E-state index in [1.807, 2.05) is 0 Å². The second-order valence-corrected chi connectivity index (χ2v) is 11.4. The van der Waals surface area contributed by atoms with Gasteiger partial charge < -0.3 is 4.74 Å². The van der Waals surface area contributed by atoms with Crippen molar-refractivity contribution in [2.45, 2.75) is 11.8 Å². The van der Waals surface area contributed by atoms with Crippen molar-refractivity contribution in [3.63, 3.8) is 0 Å². The number of halogens is 1. The lowest BCUT2D eigenvalue weighted by Gasteiger charge is -2.14. The van der Waals surface area contributed by atoms with E-state index in [9.17, 15) is 22.6 Å². The van der Waals surface area contributed by atoms with E-state index in [-0.39, 0.29) is 16.6 Å². The SMILES string of the molecule is COc1ccc(N2C(=O)/C(=C/C=C/C=C/c3c(C)[nH]n(-c4cc(S(=O)(=O)O)ccc4Cl)c3=O)SC2=S)cc1. The first kappa shape index (κ1) is 27.6. The van der Waals surface area contributed by atoms with Crippen molar-refractivity contribution in [1.82, 2.24) is 9.78 Å². The number of nitrogens with one attached hydrogen (secondary N) is 1. The standard InChI is InChI=1S/C25H20ClN3O6S3/c1-15-19(23(30)29(27-15)21-14-18(38(32,33)34)12-13-20(21)26)6-4-3-5-7-22-24(31)28(25(36)37-22)16-8-10-17(35-2)11-9-16/h3-14,27H,1-2H3,(H,32,33,34)/b5-3+,6-4+,22-7-. The molecule has 0 aliphatic carbocycles. The Kier molecular flexibility index (Phi) is 8.09. The molecule has 0 atom stereocenters. The number of nitrogens with zero attached hydrogens (tertiary/aromatic N) is 2. The van der Waals surface area contributed by atoms with Gasteiger partial charge in [-0.2, -0.15) is 8.42 Å². The van der Waals surface area contributed by atoms with Crippen LogP contribution in [-0.4, -0.2) is 40.1 Å². The molecule has 1 amide bonds. The summed E-state index contributed by atoms with van der Waals surface area (Å²) in [6.07, 6.45) is 8.14. The predicted molar refractivity (Wildman–Crippen MR) is 153 cm³/mol. The molecule has 3 aromatic rings. The van der Waals surface area contributed by atoms with Crippen molar-refractivity contribution >= 4 is 67.7 Å². The van der Waals surface area contributed by atoms with Gasteiger partial charge in [-0.1, -0.05) is 53.8 Å². The molecule has 1 saturated heterocycles. The highest BCUT2D eigenvalue weighted by Crippen LogP contribution is 2.35. The molecule has 0 unspecified atom stereocenters. The molecule has 38 heavy (non-hydrogen) atoms.